The van der Waals surface area contributed by atoms with Crippen molar-refractivity contribution in [2.24, 2.45) is 5.92 Å². The van der Waals surface area contributed by atoms with Crippen LogP contribution in [-0.4, -0.2) is 44.8 Å². The lowest BCUT2D eigenvalue weighted by molar-refractivity contribution is 0.191. The Labute approximate surface area is 201 Å². The van der Waals surface area contributed by atoms with E-state index >= 15 is 0 Å². The molecule has 0 atom stereocenters. The maximum Gasteiger partial charge on any atom is 0.324 e. The second-order valence-electron chi connectivity index (χ2n) is 9.14. The average molecular weight is 471 g/mol. The minimum absolute atomic E-state index is 0.115. The summed E-state index contributed by atoms with van der Waals surface area (Å²) in [5, 5.41) is 0. The third-order valence-corrected chi connectivity index (χ3v) is 6.88. The quantitative estimate of drug-likeness (QED) is 0.449. The Bertz CT molecular complexity index is 977. The summed E-state index contributed by atoms with van der Waals surface area (Å²) >= 11 is 0. The summed E-state index contributed by atoms with van der Waals surface area (Å²) in [6, 6.07) is 9.90. The van der Waals surface area contributed by atoms with Crippen molar-refractivity contribution in [1.29, 1.82) is 0 Å². The summed E-state index contributed by atoms with van der Waals surface area (Å²) in [4.78, 5) is 16.8. The SMILES string of the molecule is COc1ccc(F)cc1CN1CCCN(c2ccc(OC)c(OCCC3CCCCC3)c2)C1=O. The van der Waals surface area contributed by atoms with Crippen molar-refractivity contribution in [3.05, 3.63) is 47.8 Å². The number of urea groups is 1. The van der Waals surface area contributed by atoms with E-state index in [-0.39, 0.29) is 18.4 Å². The highest BCUT2D eigenvalue weighted by Gasteiger charge is 2.28. The molecule has 2 amide bonds. The maximum absolute atomic E-state index is 13.8. The van der Waals surface area contributed by atoms with Gasteiger partial charge in [0.25, 0.3) is 0 Å². The zero-order chi connectivity index (χ0) is 23.9. The lowest BCUT2D eigenvalue weighted by Gasteiger charge is -2.36. The van der Waals surface area contributed by atoms with Crippen molar-refractivity contribution in [2.75, 3.05) is 38.8 Å². The van der Waals surface area contributed by atoms with Gasteiger partial charge in [-0.15, -0.1) is 0 Å². The van der Waals surface area contributed by atoms with Crippen molar-refractivity contribution in [3.8, 4) is 17.2 Å². The van der Waals surface area contributed by atoms with Crippen molar-refractivity contribution in [1.82, 2.24) is 4.90 Å². The van der Waals surface area contributed by atoms with E-state index in [1.807, 2.05) is 18.2 Å². The number of methoxy groups -OCH3 is 2. The zero-order valence-electron chi connectivity index (χ0n) is 20.2. The van der Waals surface area contributed by atoms with Crippen molar-refractivity contribution in [2.45, 2.75) is 51.5 Å². The molecule has 1 aliphatic carbocycles. The molecule has 2 aromatic rings. The molecule has 0 aromatic heterocycles. The summed E-state index contributed by atoms with van der Waals surface area (Å²) < 4.78 is 30.8. The monoisotopic (exact) mass is 470 g/mol. The molecule has 4 rings (SSSR count). The van der Waals surface area contributed by atoms with E-state index in [9.17, 15) is 9.18 Å². The number of hydrogen-bond donors (Lipinski definition) is 0. The highest BCUT2D eigenvalue weighted by molar-refractivity contribution is 5.93. The second kappa shape index (κ2) is 11.4. The van der Waals surface area contributed by atoms with E-state index < -0.39 is 0 Å². The Balaban J connectivity index is 1.45. The van der Waals surface area contributed by atoms with E-state index in [1.54, 1.807) is 30.1 Å². The summed E-state index contributed by atoms with van der Waals surface area (Å²) in [7, 11) is 3.18. The third kappa shape index (κ3) is 5.75. The molecule has 1 saturated carbocycles. The van der Waals surface area contributed by atoms with Crippen LogP contribution >= 0.6 is 0 Å². The summed E-state index contributed by atoms with van der Waals surface area (Å²) in [6.45, 7) is 2.15. The highest BCUT2D eigenvalue weighted by Crippen LogP contribution is 2.34. The van der Waals surface area contributed by atoms with Crippen molar-refractivity contribution >= 4 is 11.7 Å². The van der Waals surface area contributed by atoms with E-state index in [0.717, 1.165) is 24.4 Å². The standard InChI is InChI=1S/C27H35FN2O4/c1-32-24-11-9-22(28)17-21(24)19-29-14-6-15-30(27(29)31)23-10-12-25(33-2)26(18-23)34-16-13-20-7-4-3-5-8-20/h9-12,17-18,20H,3-8,13-16,19H2,1-2H3. The van der Waals surface area contributed by atoms with Gasteiger partial charge in [0.05, 0.1) is 27.4 Å². The molecule has 0 spiro atoms. The van der Waals surface area contributed by atoms with Gasteiger partial charge in [-0.05, 0) is 49.1 Å². The van der Waals surface area contributed by atoms with E-state index in [4.69, 9.17) is 14.2 Å². The van der Waals surface area contributed by atoms with Crippen LogP contribution in [-0.2, 0) is 6.54 Å². The van der Waals surface area contributed by atoms with Crippen LogP contribution < -0.4 is 19.1 Å². The number of rotatable bonds is 9. The van der Waals surface area contributed by atoms with Gasteiger partial charge in [0.15, 0.2) is 11.5 Å². The molecule has 2 aromatic carbocycles. The van der Waals surface area contributed by atoms with Crippen LogP contribution in [0.4, 0.5) is 14.9 Å². The molecule has 7 heteroatoms. The predicted octanol–water partition coefficient (Wildman–Crippen LogP) is 6.02. The lowest BCUT2D eigenvalue weighted by atomic mass is 9.87. The van der Waals surface area contributed by atoms with E-state index in [1.165, 1.54) is 44.2 Å². The van der Waals surface area contributed by atoms with Crippen LogP contribution in [0.25, 0.3) is 0 Å². The van der Waals surface area contributed by atoms with Gasteiger partial charge in [0, 0.05) is 30.4 Å². The molecule has 184 valence electrons. The molecular weight excluding hydrogens is 435 g/mol. The summed E-state index contributed by atoms with van der Waals surface area (Å²) in [6.07, 6.45) is 8.41. The second-order valence-corrected chi connectivity index (χ2v) is 9.14. The molecule has 0 N–H and O–H groups in total. The van der Waals surface area contributed by atoms with Gasteiger partial charge >= 0.3 is 6.03 Å². The number of carbonyl (C=O) groups is 1. The minimum Gasteiger partial charge on any atom is -0.496 e. The van der Waals surface area contributed by atoms with Gasteiger partial charge < -0.3 is 19.1 Å². The molecule has 34 heavy (non-hydrogen) atoms. The van der Waals surface area contributed by atoms with Crippen LogP contribution in [0.3, 0.4) is 0 Å². The van der Waals surface area contributed by atoms with E-state index in [2.05, 4.69) is 0 Å². The van der Waals surface area contributed by atoms with Gasteiger partial charge in [-0.2, -0.15) is 0 Å². The van der Waals surface area contributed by atoms with Crippen LogP contribution in [0.1, 0.15) is 50.5 Å². The van der Waals surface area contributed by atoms with Gasteiger partial charge in [-0.1, -0.05) is 32.1 Å². The highest BCUT2D eigenvalue weighted by atomic mass is 19.1. The first-order valence-electron chi connectivity index (χ1n) is 12.3. The maximum atomic E-state index is 13.8. The number of ether oxygens (including phenoxy) is 3. The van der Waals surface area contributed by atoms with Gasteiger partial charge in [0.2, 0.25) is 0 Å². The predicted molar refractivity (Wildman–Crippen MR) is 130 cm³/mol. The smallest absolute Gasteiger partial charge is 0.324 e. The van der Waals surface area contributed by atoms with Crippen LogP contribution in [0.5, 0.6) is 17.2 Å². The number of carbonyl (C=O) groups excluding carboxylic acids is 1. The Morgan fingerprint density at radius 3 is 2.44 bits per heavy atom. The Morgan fingerprint density at radius 2 is 1.68 bits per heavy atom. The number of benzene rings is 2. The zero-order valence-corrected chi connectivity index (χ0v) is 20.2. The average Bonchev–Trinajstić information content (AvgIpc) is 2.86. The molecule has 1 heterocycles. The Morgan fingerprint density at radius 1 is 0.912 bits per heavy atom. The largest absolute Gasteiger partial charge is 0.496 e. The molecule has 2 aliphatic rings. The molecule has 2 fully saturated rings. The fourth-order valence-electron chi connectivity index (χ4n) is 5.00. The van der Waals surface area contributed by atoms with Crippen LogP contribution in [0.2, 0.25) is 0 Å². The Hall–Kier alpha value is -2.96. The minimum atomic E-state index is -0.345. The van der Waals surface area contributed by atoms with Crippen LogP contribution in [0, 0.1) is 11.7 Å². The normalized spacial score (nSPS) is 17.1. The molecule has 1 aliphatic heterocycles. The summed E-state index contributed by atoms with van der Waals surface area (Å²) in [5.41, 5.74) is 1.42. The molecule has 1 saturated heterocycles. The number of anilines is 1. The molecular formula is C27H35FN2O4. The molecule has 0 bridgehead atoms. The first kappa shape index (κ1) is 24.2. The van der Waals surface area contributed by atoms with Crippen molar-refractivity contribution in [3.63, 3.8) is 0 Å². The fourth-order valence-corrected chi connectivity index (χ4v) is 5.00. The number of amides is 2. The number of nitrogens with zero attached hydrogens (tertiary/aromatic N) is 2. The molecule has 0 unspecified atom stereocenters. The first-order valence-corrected chi connectivity index (χ1v) is 12.3. The van der Waals surface area contributed by atoms with Crippen LogP contribution in [0.15, 0.2) is 36.4 Å². The summed E-state index contributed by atoms with van der Waals surface area (Å²) in [5.74, 6) is 2.29. The number of hydrogen-bond acceptors (Lipinski definition) is 4. The molecule has 6 nitrogen and oxygen atoms in total. The van der Waals surface area contributed by atoms with Gasteiger partial charge in [-0.25, -0.2) is 9.18 Å². The number of halogens is 1. The third-order valence-electron chi connectivity index (χ3n) is 6.88. The molecule has 0 radical (unpaired) electrons. The van der Waals surface area contributed by atoms with E-state index in [0.29, 0.717) is 42.5 Å². The lowest BCUT2D eigenvalue weighted by Crippen LogP contribution is -2.49. The topological polar surface area (TPSA) is 51.2 Å². The van der Waals surface area contributed by atoms with Crippen molar-refractivity contribution < 1.29 is 23.4 Å². The Kier molecular flexibility index (Phi) is 8.14. The van der Waals surface area contributed by atoms with Gasteiger partial charge in [0.1, 0.15) is 11.6 Å². The first-order chi connectivity index (χ1) is 16.6. The fraction of sp³-hybridized carbons (Fsp3) is 0.519. The van der Waals surface area contributed by atoms with Gasteiger partial charge in [-0.3, -0.25) is 4.90 Å².